The molecule has 5 aromatic carbocycles. The number of fused-ring (bicyclic) bond motifs is 7. The Hall–Kier alpha value is -3.68. The average molecular weight is 566 g/mol. The molecule has 5 aromatic rings. The summed E-state index contributed by atoms with van der Waals surface area (Å²) in [5.41, 5.74) is 13.4. The van der Waals surface area contributed by atoms with E-state index in [9.17, 15) is 0 Å². The zero-order valence-electron chi connectivity index (χ0n) is 22.7. The Bertz CT molecular complexity index is 2130. The third-order valence-electron chi connectivity index (χ3n) is 9.51. The number of benzene rings is 5. The molecule has 0 aromatic heterocycles. The van der Waals surface area contributed by atoms with Gasteiger partial charge >= 0.3 is 0 Å². The van der Waals surface area contributed by atoms with Crippen LogP contribution in [0.4, 0.5) is 0 Å². The maximum Gasteiger partial charge on any atom is 0.0329 e. The first-order valence-corrected chi connectivity index (χ1v) is 14.6. The molecule has 0 fully saturated rings. The van der Waals surface area contributed by atoms with Gasteiger partial charge in [-0.25, -0.2) is 0 Å². The summed E-state index contributed by atoms with van der Waals surface area (Å²) in [7, 11) is 0. The molecule has 0 saturated carbocycles. The highest BCUT2D eigenvalue weighted by molar-refractivity contribution is 9.10. The van der Waals surface area contributed by atoms with Crippen LogP contribution in [-0.2, 0) is 10.8 Å². The van der Waals surface area contributed by atoms with Crippen molar-refractivity contribution in [3.05, 3.63) is 150 Å². The van der Waals surface area contributed by atoms with Crippen LogP contribution in [0.25, 0.3) is 34.4 Å². The van der Waals surface area contributed by atoms with Gasteiger partial charge in [-0.15, -0.1) is 0 Å². The first-order valence-electron chi connectivity index (χ1n) is 13.8. The third-order valence-corrected chi connectivity index (χ3v) is 10.4. The molecule has 3 aliphatic rings. The molecule has 8 rings (SSSR count). The predicted octanol–water partition coefficient (Wildman–Crippen LogP) is 8.32. The predicted molar refractivity (Wildman–Crippen MR) is 166 cm³/mol. The highest BCUT2D eigenvalue weighted by Gasteiger charge is 2.35. The van der Waals surface area contributed by atoms with Crippen molar-refractivity contribution in [1.82, 2.24) is 0 Å². The number of hydrogen-bond acceptors (Lipinski definition) is 0. The van der Waals surface area contributed by atoms with E-state index in [-0.39, 0.29) is 10.8 Å². The van der Waals surface area contributed by atoms with Crippen LogP contribution >= 0.6 is 15.9 Å². The fourth-order valence-corrected chi connectivity index (χ4v) is 8.10. The Labute approximate surface area is 237 Å². The fourth-order valence-electron chi connectivity index (χ4n) is 7.44. The molecule has 3 aliphatic carbocycles. The zero-order chi connectivity index (χ0) is 26.7. The maximum atomic E-state index is 4.07. The quantitative estimate of drug-likeness (QED) is 0.188. The molecule has 0 amide bonds. The van der Waals surface area contributed by atoms with Gasteiger partial charge in [0.1, 0.15) is 0 Å². The monoisotopic (exact) mass is 564 g/mol. The first kappa shape index (κ1) is 23.2. The molecule has 0 aliphatic heterocycles. The van der Waals surface area contributed by atoms with Crippen LogP contribution in [0.1, 0.15) is 61.1 Å². The van der Waals surface area contributed by atoms with E-state index >= 15 is 0 Å². The SMILES string of the molecule is CC1(C)c2ccccc2-c2ccc(-c3cccc4c3=c3cc5c(c(Br)c3C=4)=Cc3ccccc3C5(C)C)cc21. The van der Waals surface area contributed by atoms with Gasteiger partial charge in [0.2, 0.25) is 0 Å². The van der Waals surface area contributed by atoms with Crippen LogP contribution in [0, 0.1) is 10.4 Å². The molecule has 1 heteroatoms. The summed E-state index contributed by atoms with van der Waals surface area (Å²) in [6, 6.07) is 34.1. The summed E-state index contributed by atoms with van der Waals surface area (Å²) in [4.78, 5) is 0. The Morgan fingerprint density at radius 3 is 2.10 bits per heavy atom. The molecule has 39 heavy (non-hydrogen) atoms. The molecule has 0 N–H and O–H groups in total. The van der Waals surface area contributed by atoms with Gasteiger partial charge in [0.15, 0.2) is 0 Å². The topological polar surface area (TPSA) is 0 Å². The van der Waals surface area contributed by atoms with Crippen LogP contribution in [0.2, 0.25) is 0 Å². The van der Waals surface area contributed by atoms with E-state index < -0.39 is 0 Å². The molecule has 0 atom stereocenters. The molecule has 0 bridgehead atoms. The van der Waals surface area contributed by atoms with Crippen molar-refractivity contribution >= 4 is 28.1 Å². The summed E-state index contributed by atoms with van der Waals surface area (Å²) < 4.78 is 1.20. The molecule has 0 nitrogen and oxygen atoms in total. The average Bonchev–Trinajstić information content (AvgIpc) is 3.43. The Morgan fingerprint density at radius 1 is 0.564 bits per heavy atom. The van der Waals surface area contributed by atoms with E-state index in [0.29, 0.717) is 0 Å². The van der Waals surface area contributed by atoms with Gasteiger partial charge in [-0.3, -0.25) is 0 Å². The maximum absolute atomic E-state index is 4.07. The summed E-state index contributed by atoms with van der Waals surface area (Å²) in [5.74, 6) is 0. The van der Waals surface area contributed by atoms with Crippen LogP contribution < -0.4 is 10.4 Å². The van der Waals surface area contributed by atoms with Gasteiger partial charge in [-0.1, -0.05) is 107 Å². The van der Waals surface area contributed by atoms with Crippen molar-refractivity contribution < 1.29 is 0 Å². The second kappa shape index (κ2) is 7.71. The van der Waals surface area contributed by atoms with Crippen LogP contribution in [-0.4, -0.2) is 0 Å². The van der Waals surface area contributed by atoms with E-state index in [1.807, 2.05) is 0 Å². The molecule has 188 valence electrons. The minimum absolute atomic E-state index is 0.0146. The lowest BCUT2D eigenvalue weighted by Gasteiger charge is -2.32. The standard InChI is InChI=1S/C38H29Br/c1-37(2)31-14-7-5-10-23(31)18-30-34(37)21-28-29(36(30)39)19-24-11-9-13-25(35(24)28)22-16-17-27-26-12-6-8-15-32(26)38(3,4)33(27)20-22/h5-21H,1-4H3. The Kier molecular flexibility index (Phi) is 4.59. The van der Waals surface area contributed by atoms with E-state index in [1.54, 1.807) is 0 Å². The molecule has 0 spiro atoms. The summed E-state index contributed by atoms with van der Waals surface area (Å²) in [6.07, 6.45) is 4.73. The van der Waals surface area contributed by atoms with Crippen molar-refractivity contribution in [2.45, 2.75) is 38.5 Å². The number of halogens is 1. The lowest BCUT2D eigenvalue weighted by molar-refractivity contribution is 0.628. The van der Waals surface area contributed by atoms with E-state index in [0.717, 1.165) is 0 Å². The Balaban J connectivity index is 1.43. The van der Waals surface area contributed by atoms with Crippen molar-refractivity contribution in [1.29, 1.82) is 0 Å². The summed E-state index contributed by atoms with van der Waals surface area (Å²) in [6.45, 7) is 9.45. The normalized spacial score (nSPS) is 16.1. The van der Waals surface area contributed by atoms with Gasteiger partial charge in [0, 0.05) is 15.3 Å². The van der Waals surface area contributed by atoms with Gasteiger partial charge in [-0.2, -0.15) is 0 Å². The lowest BCUT2D eigenvalue weighted by atomic mass is 9.72. The molecule has 0 heterocycles. The van der Waals surface area contributed by atoms with Crippen LogP contribution in [0.3, 0.4) is 0 Å². The van der Waals surface area contributed by atoms with Crippen molar-refractivity contribution in [3.63, 3.8) is 0 Å². The van der Waals surface area contributed by atoms with Crippen LogP contribution in [0.15, 0.2) is 95.5 Å². The number of hydrogen-bond donors (Lipinski definition) is 0. The highest BCUT2D eigenvalue weighted by atomic mass is 79.9. The largest absolute Gasteiger partial charge is 0.0619 e. The number of rotatable bonds is 1. The van der Waals surface area contributed by atoms with Gasteiger partial charge < -0.3 is 0 Å². The van der Waals surface area contributed by atoms with Gasteiger partial charge in [0.25, 0.3) is 0 Å². The van der Waals surface area contributed by atoms with Crippen molar-refractivity contribution in [2.75, 3.05) is 0 Å². The lowest BCUT2D eigenvalue weighted by Crippen LogP contribution is -2.32. The molecule has 0 unspecified atom stereocenters. The summed E-state index contributed by atoms with van der Waals surface area (Å²) >= 11 is 4.07. The second-order valence-electron chi connectivity index (χ2n) is 12.3. The van der Waals surface area contributed by atoms with E-state index in [1.165, 1.54) is 81.0 Å². The smallest absolute Gasteiger partial charge is 0.0329 e. The van der Waals surface area contributed by atoms with Crippen LogP contribution in [0.5, 0.6) is 0 Å². The minimum Gasteiger partial charge on any atom is -0.0619 e. The van der Waals surface area contributed by atoms with E-state index in [4.69, 9.17) is 0 Å². The zero-order valence-corrected chi connectivity index (χ0v) is 24.3. The summed E-state index contributed by atoms with van der Waals surface area (Å²) in [5, 5.41) is 5.28. The first-order chi connectivity index (χ1) is 18.8. The van der Waals surface area contributed by atoms with Gasteiger partial charge in [0.05, 0.1) is 0 Å². The molecular formula is C38H29Br. The minimum atomic E-state index is -0.0840. The van der Waals surface area contributed by atoms with Gasteiger partial charge in [-0.05, 0) is 117 Å². The van der Waals surface area contributed by atoms with E-state index in [2.05, 4.69) is 147 Å². The second-order valence-corrected chi connectivity index (χ2v) is 13.1. The molecular weight excluding hydrogens is 536 g/mol. The van der Waals surface area contributed by atoms with Crippen molar-refractivity contribution in [2.24, 2.45) is 0 Å². The van der Waals surface area contributed by atoms with Crippen molar-refractivity contribution in [3.8, 4) is 22.3 Å². The Morgan fingerprint density at radius 2 is 1.26 bits per heavy atom. The molecule has 0 saturated heterocycles. The molecule has 0 radical (unpaired) electrons. The fraction of sp³-hybridized carbons (Fsp3) is 0.158. The third kappa shape index (κ3) is 3.00. The highest BCUT2D eigenvalue weighted by Crippen LogP contribution is 2.49.